The van der Waals surface area contributed by atoms with Gasteiger partial charge in [0.25, 0.3) is 6.47 Å². The SMILES string of the molecule is CCC(COC=O)OC(C)(C)C. The second kappa shape index (κ2) is 5.14. The molecule has 72 valence electrons. The summed E-state index contributed by atoms with van der Waals surface area (Å²) in [6.07, 6.45) is 0.862. The van der Waals surface area contributed by atoms with Gasteiger partial charge in [0.1, 0.15) is 6.61 Å². The quantitative estimate of drug-likeness (QED) is 0.596. The largest absolute Gasteiger partial charge is 0.465 e. The summed E-state index contributed by atoms with van der Waals surface area (Å²) in [4.78, 5) is 9.91. The predicted molar refractivity (Wildman–Crippen MR) is 46.9 cm³/mol. The molecule has 1 atom stereocenters. The van der Waals surface area contributed by atoms with Gasteiger partial charge in [-0.3, -0.25) is 4.79 Å². The van der Waals surface area contributed by atoms with Gasteiger partial charge in [-0.15, -0.1) is 0 Å². The van der Waals surface area contributed by atoms with Gasteiger partial charge < -0.3 is 9.47 Å². The van der Waals surface area contributed by atoms with Crippen molar-refractivity contribution < 1.29 is 14.3 Å². The van der Waals surface area contributed by atoms with Crippen molar-refractivity contribution in [3.8, 4) is 0 Å². The molecule has 0 amide bonds. The second-order valence-electron chi connectivity index (χ2n) is 3.69. The van der Waals surface area contributed by atoms with E-state index in [2.05, 4.69) is 4.74 Å². The van der Waals surface area contributed by atoms with Crippen LogP contribution in [0.5, 0.6) is 0 Å². The fraction of sp³-hybridized carbons (Fsp3) is 0.889. The maximum Gasteiger partial charge on any atom is 0.293 e. The lowest BCUT2D eigenvalue weighted by Crippen LogP contribution is -2.30. The summed E-state index contributed by atoms with van der Waals surface area (Å²) in [5, 5.41) is 0. The zero-order valence-electron chi connectivity index (χ0n) is 8.29. The Morgan fingerprint density at radius 1 is 1.42 bits per heavy atom. The van der Waals surface area contributed by atoms with Crippen molar-refractivity contribution in [1.29, 1.82) is 0 Å². The maximum atomic E-state index is 9.91. The molecule has 0 aromatic heterocycles. The molecule has 0 saturated heterocycles. The van der Waals surface area contributed by atoms with Crippen molar-refractivity contribution >= 4 is 6.47 Å². The van der Waals surface area contributed by atoms with Crippen molar-refractivity contribution in [2.45, 2.75) is 45.8 Å². The standard InChI is InChI=1S/C9H18O3/c1-5-8(6-11-7-10)12-9(2,3)4/h7-8H,5-6H2,1-4H3. The molecule has 0 aromatic carbocycles. The molecule has 0 fully saturated rings. The monoisotopic (exact) mass is 174 g/mol. The fourth-order valence-electron chi connectivity index (χ4n) is 0.882. The van der Waals surface area contributed by atoms with Crippen LogP contribution in [0.3, 0.4) is 0 Å². The summed E-state index contributed by atoms with van der Waals surface area (Å²) in [5.74, 6) is 0. The smallest absolute Gasteiger partial charge is 0.293 e. The van der Waals surface area contributed by atoms with E-state index in [0.29, 0.717) is 13.1 Å². The van der Waals surface area contributed by atoms with Gasteiger partial charge in [-0.1, -0.05) is 6.92 Å². The van der Waals surface area contributed by atoms with Crippen molar-refractivity contribution in [3.05, 3.63) is 0 Å². The number of carbonyl (C=O) groups is 1. The van der Waals surface area contributed by atoms with Crippen LogP contribution in [0.4, 0.5) is 0 Å². The summed E-state index contributed by atoms with van der Waals surface area (Å²) in [6.45, 7) is 8.75. The third kappa shape index (κ3) is 6.16. The van der Waals surface area contributed by atoms with Crippen LogP contribution >= 0.6 is 0 Å². The van der Waals surface area contributed by atoms with E-state index in [0.717, 1.165) is 6.42 Å². The lowest BCUT2D eigenvalue weighted by atomic mass is 10.1. The van der Waals surface area contributed by atoms with Crippen molar-refractivity contribution in [2.75, 3.05) is 6.61 Å². The molecule has 12 heavy (non-hydrogen) atoms. The Labute approximate surface area is 74.0 Å². The average Bonchev–Trinajstić information content (AvgIpc) is 1.95. The lowest BCUT2D eigenvalue weighted by molar-refractivity contribution is -0.138. The fourth-order valence-corrected chi connectivity index (χ4v) is 0.882. The maximum absolute atomic E-state index is 9.91. The first-order chi connectivity index (χ1) is 5.49. The highest BCUT2D eigenvalue weighted by molar-refractivity contribution is 5.36. The van der Waals surface area contributed by atoms with E-state index in [-0.39, 0.29) is 11.7 Å². The molecule has 3 heteroatoms. The molecule has 0 saturated carbocycles. The lowest BCUT2D eigenvalue weighted by Gasteiger charge is -2.26. The van der Waals surface area contributed by atoms with E-state index in [1.807, 2.05) is 27.7 Å². The zero-order chi connectivity index (χ0) is 9.61. The molecule has 0 aliphatic carbocycles. The van der Waals surface area contributed by atoms with Gasteiger partial charge in [0, 0.05) is 0 Å². The van der Waals surface area contributed by atoms with E-state index >= 15 is 0 Å². The summed E-state index contributed by atoms with van der Waals surface area (Å²) < 4.78 is 10.2. The van der Waals surface area contributed by atoms with Crippen molar-refractivity contribution in [2.24, 2.45) is 0 Å². The zero-order valence-corrected chi connectivity index (χ0v) is 8.29. The summed E-state index contributed by atoms with van der Waals surface area (Å²) in [7, 11) is 0. The van der Waals surface area contributed by atoms with Crippen LogP contribution in [0.15, 0.2) is 0 Å². The number of hydrogen-bond acceptors (Lipinski definition) is 3. The highest BCUT2D eigenvalue weighted by Gasteiger charge is 2.17. The van der Waals surface area contributed by atoms with Crippen LogP contribution in [0.1, 0.15) is 34.1 Å². The highest BCUT2D eigenvalue weighted by Crippen LogP contribution is 2.12. The number of rotatable bonds is 5. The Bertz CT molecular complexity index is 126. The topological polar surface area (TPSA) is 35.5 Å². The Kier molecular flexibility index (Phi) is 4.90. The van der Waals surface area contributed by atoms with E-state index in [1.165, 1.54) is 0 Å². The first kappa shape index (κ1) is 11.4. The molecule has 0 aliphatic heterocycles. The molecule has 1 unspecified atom stereocenters. The van der Waals surface area contributed by atoms with Gasteiger partial charge in [-0.25, -0.2) is 0 Å². The molecule has 0 aliphatic rings. The van der Waals surface area contributed by atoms with Gasteiger partial charge >= 0.3 is 0 Å². The minimum absolute atomic E-state index is 0.00944. The Hall–Kier alpha value is -0.570. The van der Waals surface area contributed by atoms with Crippen LogP contribution in [0.25, 0.3) is 0 Å². The Morgan fingerprint density at radius 3 is 2.33 bits per heavy atom. The number of carbonyl (C=O) groups excluding carboxylic acids is 1. The van der Waals surface area contributed by atoms with E-state index in [9.17, 15) is 4.79 Å². The third-order valence-corrected chi connectivity index (χ3v) is 1.33. The van der Waals surface area contributed by atoms with Crippen LogP contribution in [-0.4, -0.2) is 24.8 Å². The molecule has 0 heterocycles. The van der Waals surface area contributed by atoms with Gasteiger partial charge in [-0.05, 0) is 27.2 Å². The van der Waals surface area contributed by atoms with Gasteiger partial charge in [-0.2, -0.15) is 0 Å². The first-order valence-corrected chi connectivity index (χ1v) is 4.22. The second-order valence-corrected chi connectivity index (χ2v) is 3.69. The predicted octanol–water partition coefficient (Wildman–Crippen LogP) is 1.75. The Balaban J connectivity index is 3.74. The molecule has 0 rings (SSSR count). The van der Waals surface area contributed by atoms with Gasteiger partial charge in [0.05, 0.1) is 11.7 Å². The van der Waals surface area contributed by atoms with E-state index < -0.39 is 0 Å². The molecule has 0 bridgehead atoms. The van der Waals surface area contributed by atoms with Gasteiger partial charge in [0.2, 0.25) is 0 Å². The van der Waals surface area contributed by atoms with Crippen molar-refractivity contribution in [3.63, 3.8) is 0 Å². The molecule has 3 nitrogen and oxygen atoms in total. The molecule has 0 spiro atoms. The number of ether oxygens (including phenoxy) is 2. The van der Waals surface area contributed by atoms with Gasteiger partial charge in [0.15, 0.2) is 0 Å². The molecular formula is C9H18O3. The third-order valence-electron chi connectivity index (χ3n) is 1.33. The summed E-state index contributed by atoms with van der Waals surface area (Å²) in [6, 6.07) is 0. The Morgan fingerprint density at radius 2 is 2.00 bits per heavy atom. The van der Waals surface area contributed by atoms with Crippen LogP contribution in [0.2, 0.25) is 0 Å². The normalized spacial score (nSPS) is 14.0. The molecule has 0 radical (unpaired) electrons. The van der Waals surface area contributed by atoms with Crippen molar-refractivity contribution in [1.82, 2.24) is 0 Å². The molecule has 0 N–H and O–H groups in total. The molecule has 0 aromatic rings. The van der Waals surface area contributed by atoms with E-state index in [1.54, 1.807) is 0 Å². The highest BCUT2D eigenvalue weighted by atomic mass is 16.6. The van der Waals surface area contributed by atoms with Crippen LogP contribution < -0.4 is 0 Å². The minimum atomic E-state index is -0.174. The minimum Gasteiger partial charge on any atom is -0.465 e. The van der Waals surface area contributed by atoms with Crippen LogP contribution in [-0.2, 0) is 14.3 Å². The summed E-state index contributed by atoms with van der Waals surface area (Å²) in [5.41, 5.74) is -0.174. The van der Waals surface area contributed by atoms with E-state index in [4.69, 9.17) is 4.74 Å². The first-order valence-electron chi connectivity index (χ1n) is 4.22. The molecular weight excluding hydrogens is 156 g/mol. The average molecular weight is 174 g/mol. The van der Waals surface area contributed by atoms with Crippen LogP contribution in [0, 0.1) is 0 Å². The summed E-state index contributed by atoms with van der Waals surface area (Å²) >= 11 is 0. The number of hydrogen-bond donors (Lipinski definition) is 0.